The van der Waals surface area contributed by atoms with Crippen molar-refractivity contribution < 1.29 is 19.4 Å². The Labute approximate surface area is 217 Å². The normalized spacial score (nSPS) is 12.5. The number of carboxylic acid groups (broad SMARTS) is 1. The first kappa shape index (κ1) is 33.4. The van der Waals surface area contributed by atoms with Crippen molar-refractivity contribution in [3.63, 3.8) is 0 Å². The molecule has 0 aromatic carbocycles. The summed E-state index contributed by atoms with van der Waals surface area (Å²) in [6.07, 6.45) is 34.8. The van der Waals surface area contributed by atoms with Gasteiger partial charge in [-0.2, -0.15) is 0 Å². The van der Waals surface area contributed by atoms with Crippen LogP contribution >= 0.6 is 0 Å². The fraction of sp³-hybridized carbons (Fsp3) is 0.806. The Balaban J connectivity index is 3.78. The molecule has 35 heavy (non-hydrogen) atoms. The van der Waals surface area contributed by atoms with Gasteiger partial charge in [-0.05, 0) is 44.4 Å². The number of hydrogen-bond donors (Lipinski definition) is 1. The molecule has 0 aromatic rings. The van der Waals surface area contributed by atoms with E-state index in [1.165, 1.54) is 122 Å². The van der Waals surface area contributed by atoms with Gasteiger partial charge >= 0.3 is 11.9 Å². The van der Waals surface area contributed by atoms with E-state index >= 15 is 0 Å². The van der Waals surface area contributed by atoms with Crippen LogP contribution in [0.4, 0.5) is 0 Å². The van der Waals surface area contributed by atoms with Crippen molar-refractivity contribution in [1.82, 2.24) is 0 Å². The van der Waals surface area contributed by atoms with E-state index in [1.807, 2.05) is 0 Å². The van der Waals surface area contributed by atoms with E-state index in [2.05, 4.69) is 19.1 Å². The zero-order valence-corrected chi connectivity index (χ0v) is 23.1. The van der Waals surface area contributed by atoms with Gasteiger partial charge in [0.25, 0.3) is 0 Å². The van der Waals surface area contributed by atoms with E-state index in [-0.39, 0.29) is 5.97 Å². The smallest absolute Gasteiger partial charge is 0.327 e. The molecular weight excluding hydrogens is 436 g/mol. The standard InChI is InChI=1S/C31H56O4/c1-3-4-5-15-19-24-29(26-21-18-23-28-31(34)35-2)25-20-16-13-11-9-7-6-8-10-12-14-17-22-27-30(32)33/h21-22,26-27,29H,3-20,23-25,28H2,1-2H3,(H,32,33). The van der Waals surface area contributed by atoms with Gasteiger partial charge in [-0.3, -0.25) is 4.79 Å². The second kappa shape index (κ2) is 27.0. The van der Waals surface area contributed by atoms with Crippen molar-refractivity contribution in [1.29, 1.82) is 0 Å². The molecule has 0 aliphatic carbocycles. The molecule has 4 nitrogen and oxygen atoms in total. The van der Waals surface area contributed by atoms with Crippen molar-refractivity contribution in [2.45, 2.75) is 148 Å². The Morgan fingerprint density at radius 2 is 1.17 bits per heavy atom. The highest BCUT2D eigenvalue weighted by Gasteiger charge is 2.05. The summed E-state index contributed by atoms with van der Waals surface area (Å²) in [4.78, 5) is 21.6. The number of carboxylic acids is 1. The molecular formula is C31H56O4. The zero-order chi connectivity index (χ0) is 25.8. The quantitative estimate of drug-likeness (QED) is 0.0565. The van der Waals surface area contributed by atoms with Gasteiger partial charge in [0.1, 0.15) is 0 Å². The number of aliphatic carboxylic acids is 1. The van der Waals surface area contributed by atoms with Crippen molar-refractivity contribution in [3.8, 4) is 0 Å². The van der Waals surface area contributed by atoms with Gasteiger partial charge in [-0.15, -0.1) is 0 Å². The van der Waals surface area contributed by atoms with Crippen LogP contribution in [0.15, 0.2) is 24.3 Å². The van der Waals surface area contributed by atoms with Crippen LogP contribution in [0.25, 0.3) is 0 Å². The number of unbranched alkanes of at least 4 members (excludes halogenated alkanes) is 16. The van der Waals surface area contributed by atoms with Crippen LogP contribution in [-0.4, -0.2) is 24.2 Å². The van der Waals surface area contributed by atoms with Crippen LogP contribution in [0.3, 0.4) is 0 Å². The van der Waals surface area contributed by atoms with E-state index in [0.29, 0.717) is 12.3 Å². The lowest BCUT2D eigenvalue weighted by atomic mass is 9.93. The van der Waals surface area contributed by atoms with Crippen LogP contribution in [0, 0.1) is 5.92 Å². The monoisotopic (exact) mass is 492 g/mol. The Morgan fingerprint density at radius 3 is 1.69 bits per heavy atom. The van der Waals surface area contributed by atoms with E-state index in [0.717, 1.165) is 25.7 Å². The maximum atomic E-state index is 11.2. The topological polar surface area (TPSA) is 63.6 Å². The minimum absolute atomic E-state index is 0.103. The maximum Gasteiger partial charge on any atom is 0.327 e. The van der Waals surface area contributed by atoms with Crippen LogP contribution in [0.2, 0.25) is 0 Å². The number of allylic oxidation sites excluding steroid dienone is 3. The molecule has 0 rings (SSSR count). The minimum Gasteiger partial charge on any atom is -0.478 e. The summed E-state index contributed by atoms with van der Waals surface area (Å²) in [5, 5.41) is 8.55. The largest absolute Gasteiger partial charge is 0.478 e. The van der Waals surface area contributed by atoms with Crippen molar-refractivity contribution in [3.05, 3.63) is 24.3 Å². The highest BCUT2D eigenvalue weighted by Crippen LogP contribution is 2.21. The van der Waals surface area contributed by atoms with E-state index < -0.39 is 5.97 Å². The van der Waals surface area contributed by atoms with Crippen LogP contribution in [0.5, 0.6) is 0 Å². The zero-order valence-electron chi connectivity index (χ0n) is 23.1. The van der Waals surface area contributed by atoms with Crippen LogP contribution in [-0.2, 0) is 14.3 Å². The number of methoxy groups -OCH3 is 1. The fourth-order valence-electron chi connectivity index (χ4n) is 4.55. The average molecular weight is 493 g/mol. The van der Waals surface area contributed by atoms with E-state index in [9.17, 15) is 9.59 Å². The molecule has 0 bridgehead atoms. The minimum atomic E-state index is -0.844. The number of esters is 1. The van der Waals surface area contributed by atoms with Crippen molar-refractivity contribution in [2.24, 2.45) is 5.92 Å². The van der Waals surface area contributed by atoms with Crippen LogP contribution in [0.1, 0.15) is 148 Å². The first-order chi connectivity index (χ1) is 17.1. The SMILES string of the molecule is CCCCCCCC(C=CCCCC(=O)OC)CCCCCCCCCCCCCC=CC(=O)O. The maximum absolute atomic E-state index is 11.2. The number of carbonyl (C=O) groups excluding carboxylic acids is 1. The summed E-state index contributed by atoms with van der Waals surface area (Å²) in [5.74, 6) is -0.244. The summed E-state index contributed by atoms with van der Waals surface area (Å²) >= 11 is 0. The molecule has 0 radical (unpaired) electrons. The molecule has 0 saturated heterocycles. The second-order valence-corrected chi connectivity index (χ2v) is 10.1. The van der Waals surface area contributed by atoms with Gasteiger partial charge in [0, 0.05) is 12.5 Å². The molecule has 0 aliphatic rings. The first-order valence-electron chi connectivity index (χ1n) is 14.7. The lowest BCUT2D eigenvalue weighted by Gasteiger charge is -2.13. The molecule has 1 atom stereocenters. The molecule has 0 heterocycles. The predicted octanol–water partition coefficient (Wildman–Crippen LogP) is 9.57. The molecule has 4 heteroatoms. The molecule has 0 aromatic heterocycles. The number of carbonyl (C=O) groups is 2. The molecule has 204 valence electrons. The lowest BCUT2D eigenvalue weighted by Crippen LogP contribution is -1.99. The van der Waals surface area contributed by atoms with E-state index in [1.54, 1.807) is 6.08 Å². The summed E-state index contributed by atoms with van der Waals surface area (Å²) in [6, 6.07) is 0. The molecule has 0 spiro atoms. The van der Waals surface area contributed by atoms with Crippen molar-refractivity contribution >= 4 is 11.9 Å². The summed E-state index contributed by atoms with van der Waals surface area (Å²) < 4.78 is 4.72. The second-order valence-electron chi connectivity index (χ2n) is 10.1. The van der Waals surface area contributed by atoms with Crippen molar-refractivity contribution in [2.75, 3.05) is 7.11 Å². The van der Waals surface area contributed by atoms with Gasteiger partial charge in [0.05, 0.1) is 7.11 Å². The van der Waals surface area contributed by atoms with Gasteiger partial charge in [0.2, 0.25) is 0 Å². The third-order valence-electron chi connectivity index (χ3n) is 6.77. The number of hydrogen-bond acceptors (Lipinski definition) is 3. The molecule has 1 N–H and O–H groups in total. The number of rotatable bonds is 26. The van der Waals surface area contributed by atoms with E-state index in [4.69, 9.17) is 9.84 Å². The van der Waals surface area contributed by atoms with Crippen LogP contribution < -0.4 is 0 Å². The predicted molar refractivity (Wildman–Crippen MR) is 149 cm³/mol. The molecule has 0 amide bonds. The third-order valence-corrected chi connectivity index (χ3v) is 6.77. The number of ether oxygens (including phenoxy) is 1. The van der Waals surface area contributed by atoms with Gasteiger partial charge in [-0.25, -0.2) is 4.79 Å². The fourth-order valence-corrected chi connectivity index (χ4v) is 4.55. The lowest BCUT2D eigenvalue weighted by molar-refractivity contribution is -0.140. The summed E-state index contributed by atoms with van der Waals surface area (Å²) in [7, 11) is 1.46. The van der Waals surface area contributed by atoms with Gasteiger partial charge < -0.3 is 9.84 Å². The Bertz CT molecular complexity index is 538. The molecule has 0 saturated carbocycles. The molecule has 0 fully saturated rings. The molecule has 1 unspecified atom stereocenters. The Morgan fingerprint density at radius 1 is 0.686 bits per heavy atom. The average Bonchev–Trinajstić information content (AvgIpc) is 2.85. The first-order valence-corrected chi connectivity index (χ1v) is 14.7. The highest BCUT2D eigenvalue weighted by atomic mass is 16.5. The van der Waals surface area contributed by atoms with Gasteiger partial charge in [0.15, 0.2) is 0 Å². The highest BCUT2D eigenvalue weighted by molar-refractivity contribution is 5.79. The Hall–Kier alpha value is -1.58. The molecule has 0 aliphatic heterocycles. The summed E-state index contributed by atoms with van der Waals surface area (Å²) in [5.41, 5.74) is 0. The Kier molecular flexibility index (Phi) is 25.8. The van der Waals surface area contributed by atoms with Gasteiger partial charge in [-0.1, -0.05) is 121 Å². The summed E-state index contributed by atoms with van der Waals surface area (Å²) in [6.45, 7) is 2.27. The third kappa shape index (κ3) is 26.9.